The molecule has 3 atom stereocenters. The van der Waals surface area contributed by atoms with E-state index in [9.17, 15) is 19.0 Å². The maximum atomic E-state index is 13.6. The van der Waals surface area contributed by atoms with Gasteiger partial charge < -0.3 is 19.4 Å². The highest BCUT2D eigenvalue weighted by atomic mass is 31.2. The number of hydrogen-bond acceptors (Lipinski definition) is 6. The van der Waals surface area contributed by atoms with Crippen LogP contribution in [0, 0.1) is 0 Å². The normalized spacial score (nSPS) is 14.3. The molecule has 0 aliphatic rings. The molecule has 0 saturated heterocycles. The second kappa shape index (κ2) is 58.9. The van der Waals surface area contributed by atoms with E-state index in [-0.39, 0.29) is 25.5 Å². The number of esters is 1. The molecule has 80 heavy (non-hydrogen) atoms. The molecule has 3 unspecified atom stereocenters. The lowest BCUT2D eigenvalue weighted by atomic mass is 10.0. The van der Waals surface area contributed by atoms with E-state index in [1.165, 1.54) is 148 Å². The number of quaternary nitrogens is 1. The quantitative estimate of drug-likeness (QED) is 0.0205. The highest BCUT2D eigenvalue weighted by Crippen LogP contribution is 2.43. The van der Waals surface area contributed by atoms with E-state index >= 15 is 0 Å². The van der Waals surface area contributed by atoms with Gasteiger partial charge in [-0.25, -0.2) is 4.57 Å². The van der Waals surface area contributed by atoms with E-state index in [1.54, 1.807) is 0 Å². The highest BCUT2D eigenvalue weighted by Gasteiger charge is 2.30. The molecule has 0 saturated carbocycles. The Morgan fingerprint density at radius 3 is 1.25 bits per heavy atom. The molecular formula is C70H124N2O7P+. The van der Waals surface area contributed by atoms with Gasteiger partial charge in [0.25, 0.3) is 0 Å². The first-order valence-corrected chi connectivity index (χ1v) is 34.2. The molecule has 0 aromatic rings. The summed E-state index contributed by atoms with van der Waals surface area (Å²) in [6.07, 6.45) is 81.1. The van der Waals surface area contributed by atoms with Gasteiger partial charge in [0.1, 0.15) is 19.3 Å². The summed E-state index contributed by atoms with van der Waals surface area (Å²) in [5.41, 5.74) is 0. The topological polar surface area (TPSA) is 111 Å². The summed E-state index contributed by atoms with van der Waals surface area (Å²) in [6.45, 7) is 6.83. The van der Waals surface area contributed by atoms with Gasteiger partial charge in [0.15, 0.2) is 0 Å². The number of hydrogen-bond donors (Lipinski definition) is 2. The third kappa shape index (κ3) is 59.3. The first kappa shape index (κ1) is 76.7. The minimum absolute atomic E-state index is 0.0244. The molecule has 0 spiro atoms. The monoisotopic (exact) mass is 1140 g/mol. The van der Waals surface area contributed by atoms with Crippen molar-refractivity contribution < 1.29 is 37.3 Å². The molecule has 460 valence electrons. The summed E-state index contributed by atoms with van der Waals surface area (Å²) in [5.74, 6) is -0.605. The third-order valence-electron chi connectivity index (χ3n) is 14.0. The zero-order valence-corrected chi connectivity index (χ0v) is 53.4. The van der Waals surface area contributed by atoms with Gasteiger partial charge in [-0.2, -0.15) is 0 Å². The SMILES string of the molecule is CC/C=C\C/C=C\C/C=C\C/C=C\C/C=C\C/C=C\CCC(=O)OC(/C=C\CCCCCCCCCCCC)C(COP(=O)(O)OCC[N+](C)(C)C)NC(=O)CCCCCCCCCCCCCCC/C=C\C/C=C\CCCCC. The Bertz CT molecular complexity index is 1740. The van der Waals surface area contributed by atoms with Crippen LogP contribution in [0.15, 0.2) is 109 Å². The highest BCUT2D eigenvalue weighted by molar-refractivity contribution is 7.47. The molecule has 0 rings (SSSR count). The van der Waals surface area contributed by atoms with Crippen molar-refractivity contribution in [1.29, 1.82) is 0 Å². The zero-order valence-electron chi connectivity index (χ0n) is 52.5. The Kier molecular flexibility index (Phi) is 56.4. The Morgan fingerprint density at radius 1 is 0.450 bits per heavy atom. The van der Waals surface area contributed by atoms with Crippen molar-refractivity contribution >= 4 is 19.7 Å². The number of nitrogens with one attached hydrogen (secondary N) is 1. The van der Waals surface area contributed by atoms with Gasteiger partial charge in [-0.1, -0.05) is 265 Å². The zero-order chi connectivity index (χ0) is 58.6. The van der Waals surface area contributed by atoms with Crippen LogP contribution in [0.3, 0.4) is 0 Å². The summed E-state index contributed by atoms with van der Waals surface area (Å²) in [7, 11) is 1.45. The molecule has 0 aromatic heterocycles. The fourth-order valence-electron chi connectivity index (χ4n) is 8.94. The van der Waals surface area contributed by atoms with Crippen LogP contribution in [0.2, 0.25) is 0 Å². The van der Waals surface area contributed by atoms with Crippen LogP contribution >= 0.6 is 7.82 Å². The number of amides is 1. The lowest BCUT2D eigenvalue weighted by molar-refractivity contribution is -0.870. The Hall–Kier alpha value is -3.33. The second-order valence-corrected chi connectivity index (χ2v) is 24.4. The first-order valence-electron chi connectivity index (χ1n) is 32.7. The number of phosphoric acid groups is 1. The Balaban J connectivity index is 5.27. The van der Waals surface area contributed by atoms with Crippen molar-refractivity contribution in [3.63, 3.8) is 0 Å². The minimum Gasteiger partial charge on any atom is -0.456 e. The van der Waals surface area contributed by atoms with Gasteiger partial charge in [0.05, 0.1) is 33.8 Å². The van der Waals surface area contributed by atoms with Crippen molar-refractivity contribution in [3.8, 4) is 0 Å². The molecule has 0 radical (unpaired) electrons. The summed E-state index contributed by atoms with van der Waals surface area (Å²) in [4.78, 5) is 37.7. The first-order chi connectivity index (χ1) is 38.9. The van der Waals surface area contributed by atoms with Crippen molar-refractivity contribution in [2.45, 2.75) is 283 Å². The smallest absolute Gasteiger partial charge is 0.456 e. The average molecular weight is 1140 g/mol. The number of unbranched alkanes of at least 4 members (excludes halogenated alkanes) is 26. The Morgan fingerprint density at radius 2 is 0.812 bits per heavy atom. The fourth-order valence-corrected chi connectivity index (χ4v) is 9.67. The van der Waals surface area contributed by atoms with Gasteiger partial charge in [-0.3, -0.25) is 18.6 Å². The molecular weight excluding hydrogens is 1010 g/mol. The van der Waals surface area contributed by atoms with Crippen LogP contribution in [0.5, 0.6) is 0 Å². The average Bonchev–Trinajstić information content (AvgIpc) is 3.43. The molecule has 2 N–H and O–H groups in total. The maximum Gasteiger partial charge on any atom is 0.472 e. The van der Waals surface area contributed by atoms with Crippen molar-refractivity contribution in [1.82, 2.24) is 5.32 Å². The van der Waals surface area contributed by atoms with Crippen LogP contribution in [-0.4, -0.2) is 74.3 Å². The maximum absolute atomic E-state index is 13.6. The lowest BCUT2D eigenvalue weighted by Crippen LogP contribution is -2.47. The number of likely N-dealkylation sites (N-methyl/N-ethyl adjacent to an activating group) is 1. The number of rotatable bonds is 58. The lowest BCUT2D eigenvalue weighted by Gasteiger charge is -2.27. The second-order valence-electron chi connectivity index (χ2n) is 22.9. The molecule has 0 aliphatic carbocycles. The van der Waals surface area contributed by atoms with Gasteiger partial charge in [0, 0.05) is 12.8 Å². The van der Waals surface area contributed by atoms with Crippen molar-refractivity contribution in [2.24, 2.45) is 0 Å². The minimum atomic E-state index is -4.47. The number of nitrogens with zero attached hydrogens (tertiary/aromatic N) is 1. The molecule has 1 amide bonds. The number of allylic oxidation sites excluding steroid dienone is 17. The van der Waals surface area contributed by atoms with Crippen LogP contribution in [0.25, 0.3) is 0 Å². The van der Waals surface area contributed by atoms with Crippen molar-refractivity contribution in [2.75, 3.05) is 40.9 Å². The summed E-state index contributed by atoms with van der Waals surface area (Å²) in [6, 6.07) is -0.886. The van der Waals surface area contributed by atoms with Crippen LogP contribution in [0.1, 0.15) is 271 Å². The molecule has 0 bridgehead atoms. The predicted molar refractivity (Wildman–Crippen MR) is 346 cm³/mol. The number of ether oxygens (including phenoxy) is 1. The number of carbonyl (C=O) groups is 2. The summed E-state index contributed by atoms with van der Waals surface area (Å²) >= 11 is 0. The Labute approximate surface area is 493 Å². The predicted octanol–water partition coefficient (Wildman–Crippen LogP) is 20.5. The van der Waals surface area contributed by atoms with E-state index in [4.69, 9.17) is 13.8 Å². The van der Waals surface area contributed by atoms with Gasteiger partial charge in [-0.15, -0.1) is 0 Å². The van der Waals surface area contributed by atoms with Crippen LogP contribution in [0.4, 0.5) is 0 Å². The largest absolute Gasteiger partial charge is 0.472 e. The third-order valence-corrected chi connectivity index (χ3v) is 14.9. The molecule has 0 heterocycles. The van der Waals surface area contributed by atoms with E-state index in [2.05, 4.69) is 117 Å². The summed E-state index contributed by atoms with van der Waals surface area (Å²) in [5, 5.41) is 3.04. The van der Waals surface area contributed by atoms with Crippen LogP contribution < -0.4 is 5.32 Å². The van der Waals surface area contributed by atoms with E-state index < -0.39 is 25.9 Å². The molecule has 0 fully saturated rings. The van der Waals surface area contributed by atoms with E-state index in [1.807, 2.05) is 39.4 Å². The fraction of sp³-hybridized carbons (Fsp3) is 0.714. The van der Waals surface area contributed by atoms with E-state index in [0.29, 0.717) is 23.9 Å². The molecule has 9 nitrogen and oxygen atoms in total. The molecule has 10 heteroatoms. The number of carbonyl (C=O) groups excluding carboxylic acids is 2. The van der Waals surface area contributed by atoms with E-state index in [0.717, 1.165) is 83.5 Å². The molecule has 0 aromatic carbocycles. The number of phosphoric ester groups is 1. The summed E-state index contributed by atoms with van der Waals surface area (Å²) < 4.78 is 30.7. The van der Waals surface area contributed by atoms with Gasteiger partial charge >= 0.3 is 13.8 Å². The van der Waals surface area contributed by atoms with Gasteiger partial charge in [-0.05, 0) is 102 Å². The van der Waals surface area contributed by atoms with Crippen LogP contribution in [-0.2, 0) is 27.9 Å². The van der Waals surface area contributed by atoms with Crippen molar-refractivity contribution in [3.05, 3.63) is 109 Å². The standard InChI is InChI=1S/C70H123N2O7P/c1-7-10-13-16-19-22-25-28-30-32-34-35-36-37-39-40-42-44-47-50-53-56-59-62-69(73)71-67(66-78-80(75,76)77-65-64-72(4,5)6)68(61-58-55-52-49-46-27-24-21-18-15-12-9-3)79-70(74)63-60-57-54-51-48-45-43-41-38-33-31-29-26-23-20-17-14-11-8-2/h11,14,19-20,22-23,28-31,38,41,45,48,54,57-58,61,67-68H,7-10,12-13,15-18,21,24-27,32-37,39-40,42-44,46-47,49-53,55-56,59-60,62-66H2,1-6H3,(H-,71,73,75,76)/p+1/b14-11-,22-19-,23-20-,30-28-,31-29-,41-38-,48-45-,57-54-,61-58-. The molecule has 0 aliphatic heterocycles. The van der Waals surface area contributed by atoms with Gasteiger partial charge in [0.2, 0.25) is 5.91 Å².